The summed E-state index contributed by atoms with van der Waals surface area (Å²) in [5, 5.41) is 0. The molecule has 0 aromatic carbocycles. The monoisotopic (exact) mass is 322 g/mol. The van der Waals surface area contributed by atoms with Gasteiger partial charge in [-0.15, -0.1) is 0 Å². The zero-order valence-corrected chi connectivity index (χ0v) is 13.3. The standard InChI is InChI=1S/C16H18O7/c1-7(17)11-6-8-9-5-10(15(19)20-2)12(13(8)23-11)16(21-3,22-4)14(9)18/h5-6,8-9,12-13H,1-4H3/t8-,9+,12-,13-/m1/s1. The molecule has 0 spiro atoms. The summed E-state index contributed by atoms with van der Waals surface area (Å²) in [4.78, 5) is 36.6. The van der Waals surface area contributed by atoms with Crippen molar-refractivity contribution in [3.8, 4) is 0 Å². The molecule has 0 amide bonds. The summed E-state index contributed by atoms with van der Waals surface area (Å²) in [6, 6.07) is 0. The molecule has 7 nitrogen and oxygen atoms in total. The quantitative estimate of drug-likeness (QED) is 0.546. The molecular weight excluding hydrogens is 304 g/mol. The molecular formula is C16H18O7. The Hall–Kier alpha value is -1.99. The highest BCUT2D eigenvalue weighted by molar-refractivity contribution is 6.01. The average Bonchev–Trinajstić information content (AvgIpc) is 3.01. The minimum absolute atomic E-state index is 0.199. The first-order valence-corrected chi connectivity index (χ1v) is 7.25. The van der Waals surface area contributed by atoms with E-state index in [2.05, 4.69) is 0 Å². The van der Waals surface area contributed by atoms with Crippen molar-refractivity contribution in [2.24, 2.45) is 17.8 Å². The van der Waals surface area contributed by atoms with Gasteiger partial charge in [0.15, 0.2) is 17.3 Å². The maximum atomic E-state index is 12.8. The Morgan fingerprint density at radius 2 is 1.83 bits per heavy atom. The van der Waals surface area contributed by atoms with E-state index in [-0.39, 0.29) is 28.8 Å². The molecule has 0 N–H and O–H groups in total. The number of fused-ring (bicyclic) bond motifs is 1. The SMILES string of the molecule is COC(=O)C1=C[C@@H]2C(=O)C(OC)(OC)[C@H]1[C@@H]1OC(C(C)=O)=C[C@@H]12. The molecule has 1 fully saturated rings. The van der Waals surface area contributed by atoms with Crippen LogP contribution >= 0.6 is 0 Å². The smallest absolute Gasteiger partial charge is 0.334 e. The van der Waals surface area contributed by atoms with E-state index in [9.17, 15) is 14.4 Å². The van der Waals surface area contributed by atoms with E-state index < -0.39 is 29.7 Å². The Morgan fingerprint density at radius 1 is 1.17 bits per heavy atom. The third kappa shape index (κ3) is 1.93. The first kappa shape index (κ1) is 15.9. The summed E-state index contributed by atoms with van der Waals surface area (Å²) in [5.74, 6) is -4.30. The lowest BCUT2D eigenvalue weighted by molar-refractivity contribution is -0.256. The highest BCUT2D eigenvalue weighted by Gasteiger charge is 2.67. The highest BCUT2D eigenvalue weighted by atomic mass is 16.7. The molecule has 124 valence electrons. The van der Waals surface area contributed by atoms with Crippen molar-refractivity contribution in [3.63, 3.8) is 0 Å². The molecule has 2 bridgehead atoms. The van der Waals surface area contributed by atoms with Gasteiger partial charge < -0.3 is 18.9 Å². The summed E-state index contributed by atoms with van der Waals surface area (Å²) >= 11 is 0. The van der Waals surface area contributed by atoms with Crippen molar-refractivity contribution in [3.05, 3.63) is 23.5 Å². The van der Waals surface area contributed by atoms with Gasteiger partial charge in [0.1, 0.15) is 6.10 Å². The summed E-state index contributed by atoms with van der Waals surface area (Å²) in [7, 11) is 3.96. The number of allylic oxidation sites excluding steroid dienone is 2. The molecule has 7 heteroatoms. The third-order valence-electron chi connectivity index (χ3n) is 4.85. The number of hydrogen-bond acceptors (Lipinski definition) is 7. The van der Waals surface area contributed by atoms with Crippen molar-refractivity contribution in [2.75, 3.05) is 21.3 Å². The summed E-state index contributed by atoms with van der Waals surface area (Å²) in [6.45, 7) is 1.39. The van der Waals surface area contributed by atoms with Crippen molar-refractivity contribution in [1.29, 1.82) is 0 Å². The van der Waals surface area contributed by atoms with Gasteiger partial charge in [-0.05, 0) is 6.08 Å². The fourth-order valence-electron chi connectivity index (χ4n) is 3.83. The molecule has 0 aromatic heterocycles. The van der Waals surface area contributed by atoms with Gasteiger partial charge in [-0.25, -0.2) is 4.79 Å². The number of methoxy groups -OCH3 is 3. The van der Waals surface area contributed by atoms with Crippen LogP contribution in [0.1, 0.15) is 6.92 Å². The van der Waals surface area contributed by atoms with Gasteiger partial charge in [-0.2, -0.15) is 0 Å². The molecule has 0 saturated heterocycles. The Morgan fingerprint density at radius 3 is 2.35 bits per heavy atom. The minimum Gasteiger partial charge on any atom is -0.486 e. The third-order valence-corrected chi connectivity index (χ3v) is 4.85. The van der Waals surface area contributed by atoms with Gasteiger partial charge in [-0.1, -0.05) is 6.08 Å². The fourth-order valence-corrected chi connectivity index (χ4v) is 3.83. The first-order valence-electron chi connectivity index (χ1n) is 7.25. The lowest BCUT2D eigenvalue weighted by Crippen LogP contribution is -2.66. The van der Waals surface area contributed by atoms with Gasteiger partial charge in [0, 0.05) is 32.6 Å². The Labute approximate surface area is 133 Å². The molecule has 1 saturated carbocycles. The topological polar surface area (TPSA) is 88.1 Å². The number of ether oxygens (including phenoxy) is 4. The predicted octanol–water partition coefficient (Wildman–Crippen LogP) is 0.391. The number of hydrogen-bond donors (Lipinski definition) is 0. The van der Waals surface area contributed by atoms with Crippen LogP contribution in [0.5, 0.6) is 0 Å². The molecule has 0 aromatic rings. The van der Waals surface area contributed by atoms with Crippen LogP contribution in [-0.2, 0) is 33.3 Å². The van der Waals surface area contributed by atoms with Crippen molar-refractivity contribution < 1.29 is 33.3 Å². The molecule has 0 radical (unpaired) electrons. The largest absolute Gasteiger partial charge is 0.486 e. The number of carbonyl (C=O) groups is 3. The van der Waals surface area contributed by atoms with Crippen molar-refractivity contribution >= 4 is 17.5 Å². The molecule has 1 heterocycles. The number of esters is 1. The van der Waals surface area contributed by atoms with Crippen LogP contribution < -0.4 is 0 Å². The van der Waals surface area contributed by atoms with Crippen LogP contribution in [0.4, 0.5) is 0 Å². The fraction of sp³-hybridized carbons (Fsp3) is 0.562. The van der Waals surface area contributed by atoms with E-state index in [4.69, 9.17) is 18.9 Å². The average molecular weight is 322 g/mol. The summed E-state index contributed by atoms with van der Waals surface area (Å²) in [6.07, 6.45) is 2.65. The molecule has 3 aliphatic carbocycles. The van der Waals surface area contributed by atoms with Crippen molar-refractivity contribution in [2.45, 2.75) is 18.8 Å². The van der Waals surface area contributed by atoms with Gasteiger partial charge in [0.25, 0.3) is 0 Å². The number of Topliss-reactive ketones (excluding diaryl/α,β-unsaturated/α-hetero) is 2. The van der Waals surface area contributed by atoms with Crippen LogP contribution in [0.2, 0.25) is 0 Å². The summed E-state index contributed by atoms with van der Waals surface area (Å²) < 4.78 is 21.3. The second-order valence-corrected chi connectivity index (χ2v) is 5.80. The van der Waals surface area contributed by atoms with E-state index in [0.29, 0.717) is 0 Å². The van der Waals surface area contributed by atoms with Gasteiger partial charge in [0.05, 0.1) is 18.9 Å². The van der Waals surface area contributed by atoms with Gasteiger partial charge in [0.2, 0.25) is 5.79 Å². The van der Waals surface area contributed by atoms with E-state index in [1.54, 1.807) is 12.2 Å². The maximum absolute atomic E-state index is 12.8. The molecule has 23 heavy (non-hydrogen) atoms. The Bertz CT molecular complexity index is 641. The molecule has 4 aliphatic rings. The van der Waals surface area contributed by atoms with Gasteiger partial charge >= 0.3 is 5.97 Å². The number of rotatable bonds is 4. The molecule has 4 rings (SSSR count). The number of carbonyl (C=O) groups excluding carboxylic acids is 3. The van der Waals surface area contributed by atoms with Crippen LogP contribution in [0.15, 0.2) is 23.5 Å². The second kappa shape index (κ2) is 5.28. The maximum Gasteiger partial charge on any atom is 0.334 e. The molecule has 1 aliphatic heterocycles. The Balaban J connectivity index is 2.13. The van der Waals surface area contributed by atoms with E-state index >= 15 is 0 Å². The number of ketones is 2. The lowest BCUT2D eigenvalue weighted by atomic mass is 9.60. The molecule has 4 atom stereocenters. The van der Waals surface area contributed by atoms with Crippen LogP contribution in [0, 0.1) is 17.8 Å². The highest BCUT2D eigenvalue weighted by Crippen LogP contribution is 2.54. The predicted molar refractivity (Wildman–Crippen MR) is 76.0 cm³/mol. The van der Waals surface area contributed by atoms with E-state index in [1.807, 2.05) is 0 Å². The van der Waals surface area contributed by atoms with E-state index in [1.165, 1.54) is 28.3 Å². The normalized spacial score (nSPS) is 33.5. The second-order valence-electron chi connectivity index (χ2n) is 5.80. The summed E-state index contributed by atoms with van der Waals surface area (Å²) in [5.41, 5.74) is 0.278. The lowest BCUT2D eigenvalue weighted by Gasteiger charge is -2.51. The zero-order valence-electron chi connectivity index (χ0n) is 13.3. The first-order chi connectivity index (χ1) is 10.9. The minimum atomic E-state index is -1.62. The van der Waals surface area contributed by atoms with Crippen molar-refractivity contribution in [1.82, 2.24) is 0 Å². The Kier molecular flexibility index (Phi) is 3.65. The van der Waals surface area contributed by atoms with Crippen LogP contribution in [0.25, 0.3) is 0 Å². The van der Waals surface area contributed by atoms with E-state index in [0.717, 1.165) is 0 Å². The van der Waals surface area contributed by atoms with Gasteiger partial charge in [-0.3, -0.25) is 9.59 Å². The van der Waals surface area contributed by atoms with Crippen LogP contribution in [-0.4, -0.2) is 50.8 Å². The molecule has 0 unspecified atom stereocenters. The van der Waals surface area contributed by atoms with Crippen LogP contribution in [0.3, 0.4) is 0 Å². The zero-order chi connectivity index (χ0) is 16.9.